The monoisotopic (exact) mass is 282 g/mol. The molecule has 0 saturated carbocycles. The van der Waals surface area contributed by atoms with Crippen molar-refractivity contribution in [2.45, 2.75) is 18.5 Å². The van der Waals surface area contributed by atoms with Crippen LogP contribution >= 0.6 is 0 Å². The summed E-state index contributed by atoms with van der Waals surface area (Å²) in [7, 11) is 0. The molecule has 0 spiro atoms. The molecule has 4 rings (SSSR count). The lowest BCUT2D eigenvalue weighted by atomic mass is 9.93. The largest absolute Gasteiger partial charge is 0.480 e. The van der Waals surface area contributed by atoms with E-state index in [4.69, 9.17) is 4.42 Å². The van der Waals surface area contributed by atoms with E-state index in [-0.39, 0.29) is 6.04 Å². The van der Waals surface area contributed by atoms with Crippen LogP contribution in [0.25, 0.3) is 10.9 Å². The molecule has 3 N–H and O–H groups in total. The maximum atomic E-state index is 11.4. The van der Waals surface area contributed by atoms with Gasteiger partial charge in [-0.3, -0.25) is 10.1 Å². The molecule has 2 aromatic heterocycles. The number of fused-ring (bicyclic) bond motifs is 3. The summed E-state index contributed by atoms with van der Waals surface area (Å²) in [5.41, 5.74) is 3.06. The third-order valence-electron chi connectivity index (χ3n) is 4.04. The molecule has 106 valence electrons. The quantitative estimate of drug-likeness (QED) is 0.674. The first-order chi connectivity index (χ1) is 10.2. The van der Waals surface area contributed by atoms with E-state index < -0.39 is 12.0 Å². The lowest BCUT2D eigenvalue weighted by molar-refractivity contribution is -0.139. The number of aliphatic carboxylic acids is 1. The molecule has 0 unspecified atom stereocenters. The van der Waals surface area contributed by atoms with E-state index in [9.17, 15) is 9.90 Å². The summed E-state index contributed by atoms with van der Waals surface area (Å²) >= 11 is 0. The molecule has 0 radical (unpaired) electrons. The number of H-pyrrole nitrogens is 1. The highest BCUT2D eigenvalue weighted by Crippen LogP contribution is 2.35. The number of aromatic nitrogens is 1. The number of rotatable bonds is 2. The van der Waals surface area contributed by atoms with Crippen molar-refractivity contribution in [3.8, 4) is 0 Å². The Morgan fingerprint density at radius 3 is 2.86 bits per heavy atom. The van der Waals surface area contributed by atoms with E-state index in [1.165, 1.54) is 0 Å². The van der Waals surface area contributed by atoms with Crippen LogP contribution in [-0.4, -0.2) is 22.1 Å². The number of hydrogen-bond donors (Lipinski definition) is 3. The van der Waals surface area contributed by atoms with Crippen LogP contribution in [0.1, 0.15) is 23.1 Å². The fourth-order valence-corrected chi connectivity index (χ4v) is 3.07. The van der Waals surface area contributed by atoms with E-state index in [0.29, 0.717) is 12.2 Å². The van der Waals surface area contributed by atoms with Crippen molar-refractivity contribution in [1.29, 1.82) is 0 Å². The van der Waals surface area contributed by atoms with Crippen molar-refractivity contribution in [1.82, 2.24) is 10.3 Å². The summed E-state index contributed by atoms with van der Waals surface area (Å²) in [6, 6.07) is 10.7. The number of furan rings is 1. The predicted octanol–water partition coefficient (Wildman–Crippen LogP) is 2.45. The average molecular weight is 282 g/mol. The summed E-state index contributed by atoms with van der Waals surface area (Å²) in [5.74, 6) is -0.128. The second kappa shape index (κ2) is 4.49. The van der Waals surface area contributed by atoms with E-state index in [1.54, 1.807) is 6.26 Å². The molecule has 3 aromatic rings. The number of nitrogens with one attached hydrogen (secondary N) is 2. The Balaban J connectivity index is 1.92. The molecule has 21 heavy (non-hydrogen) atoms. The highest BCUT2D eigenvalue weighted by atomic mass is 16.4. The molecule has 1 aromatic carbocycles. The van der Waals surface area contributed by atoms with Gasteiger partial charge in [0.2, 0.25) is 0 Å². The van der Waals surface area contributed by atoms with Crippen molar-refractivity contribution >= 4 is 16.9 Å². The second-order valence-electron chi connectivity index (χ2n) is 5.27. The minimum Gasteiger partial charge on any atom is -0.480 e. The highest BCUT2D eigenvalue weighted by Gasteiger charge is 2.34. The first kappa shape index (κ1) is 12.2. The van der Waals surface area contributed by atoms with Gasteiger partial charge in [0.1, 0.15) is 17.8 Å². The van der Waals surface area contributed by atoms with Crippen LogP contribution in [0.4, 0.5) is 0 Å². The van der Waals surface area contributed by atoms with Crippen LogP contribution < -0.4 is 5.32 Å². The van der Waals surface area contributed by atoms with Gasteiger partial charge in [-0.25, -0.2) is 0 Å². The van der Waals surface area contributed by atoms with Gasteiger partial charge in [-0.15, -0.1) is 0 Å². The van der Waals surface area contributed by atoms with Crippen LogP contribution in [0.2, 0.25) is 0 Å². The maximum absolute atomic E-state index is 11.4. The van der Waals surface area contributed by atoms with Crippen LogP contribution in [0, 0.1) is 0 Å². The molecule has 5 heteroatoms. The Labute approximate surface area is 120 Å². The molecule has 5 nitrogen and oxygen atoms in total. The van der Waals surface area contributed by atoms with Crippen molar-refractivity contribution in [2.75, 3.05) is 0 Å². The Bertz CT molecular complexity index is 804. The number of carboxylic acid groups (broad SMARTS) is 1. The zero-order chi connectivity index (χ0) is 14.4. The first-order valence-corrected chi connectivity index (χ1v) is 6.86. The van der Waals surface area contributed by atoms with Crippen molar-refractivity contribution in [2.24, 2.45) is 0 Å². The van der Waals surface area contributed by atoms with Gasteiger partial charge in [0.05, 0.1) is 6.26 Å². The van der Waals surface area contributed by atoms with Gasteiger partial charge in [-0.1, -0.05) is 18.2 Å². The normalized spacial score (nSPS) is 21.3. The minimum atomic E-state index is -0.845. The van der Waals surface area contributed by atoms with Crippen molar-refractivity contribution in [3.63, 3.8) is 0 Å². The number of benzene rings is 1. The van der Waals surface area contributed by atoms with Gasteiger partial charge >= 0.3 is 5.97 Å². The summed E-state index contributed by atoms with van der Waals surface area (Å²) in [6.07, 6.45) is 2.07. The molecule has 0 saturated heterocycles. The first-order valence-electron chi connectivity index (χ1n) is 6.86. The van der Waals surface area contributed by atoms with Gasteiger partial charge in [-0.2, -0.15) is 0 Å². The fraction of sp³-hybridized carbons (Fsp3) is 0.188. The van der Waals surface area contributed by atoms with Crippen LogP contribution in [-0.2, 0) is 11.2 Å². The van der Waals surface area contributed by atoms with Crippen molar-refractivity contribution in [3.05, 3.63) is 59.7 Å². The molecule has 1 aliphatic rings. The molecular weight excluding hydrogens is 268 g/mol. The molecule has 0 amide bonds. The molecular formula is C16H14N2O3. The summed E-state index contributed by atoms with van der Waals surface area (Å²) < 4.78 is 5.48. The van der Waals surface area contributed by atoms with Crippen LogP contribution in [0.15, 0.2) is 47.1 Å². The lowest BCUT2D eigenvalue weighted by Crippen LogP contribution is -2.44. The third-order valence-corrected chi connectivity index (χ3v) is 4.04. The Hall–Kier alpha value is -2.53. The van der Waals surface area contributed by atoms with E-state index in [2.05, 4.69) is 10.3 Å². The summed E-state index contributed by atoms with van der Waals surface area (Å²) in [4.78, 5) is 14.8. The molecule has 3 heterocycles. The lowest BCUT2D eigenvalue weighted by Gasteiger charge is -2.27. The minimum absolute atomic E-state index is 0.266. The van der Waals surface area contributed by atoms with Crippen molar-refractivity contribution < 1.29 is 14.3 Å². The number of aromatic amines is 1. The number of para-hydroxylation sites is 1. The average Bonchev–Trinajstić information content (AvgIpc) is 3.13. The molecule has 0 fully saturated rings. The number of carbonyl (C=O) groups is 1. The fourth-order valence-electron chi connectivity index (χ4n) is 3.07. The smallest absolute Gasteiger partial charge is 0.321 e. The van der Waals surface area contributed by atoms with Gasteiger partial charge in [-0.05, 0) is 23.8 Å². The van der Waals surface area contributed by atoms with Gasteiger partial charge in [0.15, 0.2) is 0 Å². The molecule has 1 aliphatic heterocycles. The van der Waals surface area contributed by atoms with Crippen LogP contribution in [0.3, 0.4) is 0 Å². The highest BCUT2D eigenvalue weighted by molar-refractivity contribution is 5.87. The molecule has 0 bridgehead atoms. The Kier molecular flexibility index (Phi) is 2.62. The van der Waals surface area contributed by atoms with E-state index in [1.807, 2.05) is 36.4 Å². The topological polar surface area (TPSA) is 78.3 Å². The second-order valence-corrected chi connectivity index (χ2v) is 5.27. The number of hydrogen-bond acceptors (Lipinski definition) is 3. The standard InChI is InChI=1S/C16H14N2O3/c19-16(20)12-8-10-9-4-1-2-5-11(9)17-14(10)15(18-12)13-6-3-7-21-13/h1-7,12,15,17-18H,8H2,(H,19,20)/t12-,15+/m0/s1. The summed E-state index contributed by atoms with van der Waals surface area (Å²) in [6.45, 7) is 0. The Morgan fingerprint density at radius 2 is 2.10 bits per heavy atom. The zero-order valence-electron chi connectivity index (χ0n) is 11.2. The molecule has 0 aliphatic carbocycles. The van der Waals surface area contributed by atoms with E-state index >= 15 is 0 Å². The van der Waals surface area contributed by atoms with E-state index in [0.717, 1.165) is 22.2 Å². The maximum Gasteiger partial charge on any atom is 0.321 e. The van der Waals surface area contributed by atoms with Gasteiger partial charge in [0, 0.05) is 23.0 Å². The SMILES string of the molecule is O=C(O)[C@@H]1Cc2c([nH]c3ccccc23)[C@@H](c2ccco2)N1. The Morgan fingerprint density at radius 1 is 1.24 bits per heavy atom. The summed E-state index contributed by atoms with van der Waals surface area (Å²) in [5, 5.41) is 13.6. The zero-order valence-corrected chi connectivity index (χ0v) is 11.2. The van der Waals surface area contributed by atoms with Gasteiger partial charge in [0.25, 0.3) is 0 Å². The predicted molar refractivity (Wildman–Crippen MR) is 77.1 cm³/mol. The van der Waals surface area contributed by atoms with Crippen LogP contribution in [0.5, 0.6) is 0 Å². The number of carboxylic acids is 1. The van der Waals surface area contributed by atoms with Gasteiger partial charge < -0.3 is 14.5 Å². The molecule has 2 atom stereocenters. The third kappa shape index (κ3) is 1.86.